The van der Waals surface area contributed by atoms with Gasteiger partial charge in [-0.3, -0.25) is 0 Å². The van der Waals surface area contributed by atoms with Crippen LogP contribution in [0.25, 0.3) is 0 Å². The molecule has 0 aliphatic carbocycles. The van der Waals surface area contributed by atoms with Crippen molar-refractivity contribution < 1.29 is 7.16 Å². The Kier molecular flexibility index (Phi) is 2.64. The molecule has 1 heterocycles. The number of furan rings is 1. The first-order chi connectivity index (χ1) is 7.01. The molecule has 0 fully saturated rings. The van der Waals surface area contributed by atoms with Gasteiger partial charge in [-0.15, -0.1) is 0 Å². The van der Waals surface area contributed by atoms with Crippen molar-refractivity contribution in [2.24, 2.45) is 11.5 Å². The average Bonchev–Trinajstić information content (AvgIpc) is 2.58. The molecular formula is C10H10N2O. The lowest BCUT2D eigenvalue weighted by molar-refractivity contribution is 0.542. The largest absolute Gasteiger partial charge is 0.439 e. The first-order valence-corrected chi connectivity index (χ1v) is 3.62. The predicted molar refractivity (Wildman–Crippen MR) is 50.6 cm³/mol. The Balaban J connectivity index is 2.80. The zero-order valence-electron chi connectivity index (χ0n) is 8.92. The highest BCUT2D eigenvalue weighted by molar-refractivity contribution is 5.33. The molecule has 0 radical (unpaired) electrons. The van der Waals surface area contributed by atoms with Gasteiger partial charge in [-0.05, 0) is 24.0 Å². The van der Waals surface area contributed by atoms with Gasteiger partial charge in [0.05, 0.1) is 15.8 Å². The maximum absolute atomic E-state index is 6.98. The highest BCUT2D eigenvalue weighted by atomic mass is 16.3. The predicted octanol–water partition coefficient (Wildman–Crippen LogP) is -0.1000. The fraction of sp³-hybridized carbons (Fsp3) is 0.200. The molecule has 0 bridgehead atoms. The van der Waals surface area contributed by atoms with Gasteiger partial charge in [-0.25, -0.2) is 0 Å². The van der Waals surface area contributed by atoms with Gasteiger partial charge in [0.1, 0.15) is 0 Å². The summed E-state index contributed by atoms with van der Waals surface area (Å²) in [7, 11) is 0. The maximum Gasteiger partial charge on any atom is 0.178 e. The second-order valence-electron chi connectivity index (χ2n) is 2.06. The van der Waals surface area contributed by atoms with Crippen molar-refractivity contribution in [3.05, 3.63) is 23.7 Å². The molecule has 3 nitrogen and oxygen atoms in total. The van der Waals surface area contributed by atoms with Crippen LogP contribution in [0.2, 0.25) is 0 Å². The van der Waals surface area contributed by atoms with E-state index < -0.39 is 6.50 Å². The van der Waals surface area contributed by atoms with E-state index in [0.717, 1.165) is 0 Å². The van der Waals surface area contributed by atoms with E-state index in [1.807, 2.05) is 0 Å². The molecule has 0 spiro atoms. The van der Waals surface area contributed by atoms with Gasteiger partial charge in [0, 0.05) is 0 Å². The summed E-state index contributed by atoms with van der Waals surface area (Å²) in [5, 5.41) is 0. The minimum absolute atomic E-state index is 0.257. The van der Waals surface area contributed by atoms with E-state index in [-0.39, 0.29) is 6.54 Å². The minimum Gasteiger partial charge on any atom is -0.439 e. The fourth-order valence-electron chi connectivity index (χ4n) is 0.708. The molecule has 1 aromatic heterocycles. The van der Waals surface area contributed by atoms with Crippen molar-refractivity contribution in [2.75, 3.05) is 13.0 Å². The zero-order chi connectivity index (χ0) is 11.3. The van der Waals surface area contributed by atoms with Crippen molar-refractivity contribution in [3.63, 3.8) is 0 Å². The van der Waals surface area contributed by atoms with Crippen LogP contribution in [0.5, 0.6) is 0 Å². The highest BCUT2D eigenvalue weighted by Crippen LogP contribution is 2.04. The summed E-state index contributed by atoms with van der Waals surface area (Å²) in [4.78, 5) is 0. The Morgan fingerprint density at radius 3 is 2.38 bits per heavy atom. The molecule has 66 valence electrons. The fourth-order valence-corrected chi connectivity index (χ4v) is 0.708. The van der Waals surface area contributed by atoms with E-state index in [9.17, 15) is 0 Å². The van der Waals surface area contributed by atoms with Crippen LogP contribution in [-0.4, -0.2) is 13.0 Å². The lowest BCUT2D eigenvalue weighted by Gasteiger charge is -1.79. The second-order valence-corrected chi connectivity index (χ2v) is 2.06. The van der Waals surface area contributed by atoms with Crippen molar-refractivity contribution in [3.8, 4) is 23.7 Å². The van der Waals surface area contributed by atoms with Crippen molar-refractivity contribution in [2.45, 2.75) is 0 Å². The number of hydrogen-bond donors (Lipinski definition) is 2. The van der Waals surface area contributed by atoms with Gasteiger partial charge in [0.25, 0.3) is 0 Å². The molecule has 0 saturated carbocycles. The molecule has 0 amide bonds. The van der Waals surface area contributed by atoms with Gasteiger partial charge in [-0.1, -0.05) is 11.8 Å². The van der Waals surface area contributed by atoms with Crippen LogP contribution in [0, 0.1) is 23.7 Å². The molecule has 0 atom stereocenters. The van der Waals surface area contributed by atoms with Crippen LogP contribution < -0.4 is 11.5 Å². The summed E-state index contributed by atoms with van der Waals surface area (Å²) in [6.45, 7) is -1.76. The molecule has 0 saturated heterocycles. The summed E-state index contributed by atoms with van der Waals surface area (Å²) >= 11 is 0. The Hall–Kier alpha value is -1.68. The van der Waals surface area contributed by atoms with E-state index in [1.165, 1.54) is 0 Å². The normalized spacial score (nSPS) is 11.5. The minimum atomic E-state index is -2.02. The van der Waals surface area contributed by atoms with E-state index in [1.54, 1.807) is 12.1 Å². The number of nitrogens with two attached hydrogens (primary N) is 2. The first kappa shape index (κ1) is 6.80. The van der Waals surface area contributed by atoms with E-state index in [4.69, 9.17) is 18.6 Å². The molecule has 13 heavy (non-hydrogen) atoms. The molecule has 1 rings (SSSR count). The molecule has 0 aliphatic heterocycles. The van der Waals surface area contributed by atoms with E-state index >= 15 is 0 Å². The highest BCUT2D eigenvalue weighted by Gasteiger charge is 1.93. The summed E-state index contributed by atoms with van der Waals surface area (Å²) in [6, 6.07) is 3.23. The topological polar surface area (TPSA) is 65.2 Å². The standard InChI is InChI=1S/C10H10N2O/c11-7-1-3-9-5-6-10(13-9)4-2-8-12/h5-6H,7-8,11-12H2/i7D2. The smallest absolute Gasteiger partial charge is 0.178 e. The van der Waals surface area contributed by atoms with Gasteiger partial charge >= 0.3 is 0 Å². The SMILES string of the molecule is [2H]C([2H])(N)C#Cc1ccc(C#CCN)o1. The van der Waals surface area contributed by atoms with E-state index in [2.05, 4.69) is 23.7 Å². The van der Waals surface area contributed by atoms with Gasteiger partial charge < -0.3 is 15.9 Å². The second kappa shape index (κ2) is 5.05. The molecule has 0 unspecified atom stereocenters. The third-order valence-corrected chi connectivity index (χ3v) is 1.18. The summed E-state index contributed by atoms with van der Waals surface area (Å²) in [6.07, 6.45) is 0. The molecule has 3 heteroatoms. The van der Waals surface area contributed by atoms with Crippen molar-refractivity contribution in [1.82, 2.24) is 0 Å². The van der Waals surface area contributed by atoms with Crippen LogP contribution >= 0.6 is 0 Å². The summed E-state index contributed by atoms with van der Waals surface area (Å²) in [5.41, 5.74) is 10.2. The van der Waals surface area contributed by atoms with Gasteiger partial charge in [0.15, 0.2) is 11.5 Å². The molecule has 1 aromatic rings. The molecule has 4 N–H and O–H groups in total. The van der Waals surface area contributed by atoms with Crippen LogP contribution in [0.1, 0.15) is 14.3 Å². The Morgan fingerprint density at radius 1 is 1.23 bits per heavy atom. The zero-order valence-corrected chi connectivity index (χ0v) is 6.92. The van der Waals surface area contributed by atoms with E-state index in [0.29, 0.717) is 11.5 Å². The third-order valence-electron chi connectivity index (χ3n) is 1.18. The van der Waals surface area contributed by atoms with Crippen LogP contribution in [0.3, 0.4) is 0 Å². The Morgan fingerprint density at radius 2 is 1.85 bits per heavy atom. The van der Waals surface area contributed by atoms with Gasteiger partial charge in [-0.2, -0.15) is 0 Å². The molecule has 0 aliphatic rings. The average molecular weight is 176 g/mol. The third kappa shape index (κ3) is 3.04. The maximum atomic E-state index is 6.98. The summed E-state index contributed by atoms with van der Waals surface area (Å²) in [5.74, 6) is 10.8. The van der Waals surface area contributed by atoms with Crippen molar-refractivity contribution >= 4 is 0 Å². The van der Waals surface area contributed by atoms with Crippen molar-refractivity contribution in [1.29, 1.82) is 0 Å². The Labute approximate surface area is 79.9 Å². The molecule has 0 aromatic carbocycles. The number of rotatable bonds is 0. The number of hydrogen-bond acceptors (Lipinski definition) is 3. The molecular weight excluding hydrogens is 164 g/mol. The monoisotopic (exact) mass is 176 g/mol. The lowest BCUT2D eigenvalue weighted by Crippen LogP contribution is -1.92. The van der Waals surface area contributed by atoms with Crippen LogP contribution in [0.15, 0.2) is 16.5 Å². The summed E-state index contributed by atoms with van der Waals surface area (Å²) < 4.78 is 19.1. The lowest BCUT2D eigenvalue weighted by atomic mass is 10.4. The van der Waals surface area contributed by atoms with Gasteiger partial charge in [0.2, 0.25) is 0 Å². The van der Waals surface area contributed by atoms with Crippen LogP contribution in [0.4, 0.5) is 0 Å². The Bertz CT molecular complexity index is 451. The quantitative estimate of drug-likeness (QED) is 0.542. The first-order valence-electron chi connectivity index (χ1n) is 4.62. The van der Waals surface area contributed by atoms with Crippen LogP contribution in [-0.2, 0) is 0 Å².